The minimum Gasteiger partial charge on any atom is -0.310 e. The zero-order chi connectivity index (χ0) is 63.6. The summed E-state index contributed by atoms with van der Waals surface area (Å²) in [6.45, 7) is 27.8. The van der Waals surface area contributed by atoms with E-state index in [0.29, 0.717) is 0 Å². The van der Waals surface area contributed by atoms with Crippen molar-refractivity contribution in [1.29, 1.82) is 0 Å². The van der Waals surface area contributed by atoms with E-state index in [-0.39, 0.29) is 28.4 Å². The quantitative estimate of drug-likeness (QED) is 0.140. The summed E-state index contributed by atoms with van der Waals surface area (Å²) in [7, 11) is 0. The molecule has 3 heterocycles. The van der Waals surface area contributed by atoms with Crippen LogP contribution in [0.15, 0.2) is 271 Å². The number of hydrogen-bond donors (Lipinski definition) is 0. The van der Waals surface area contributed by atoms with Crippen LogP contribution >= 0.6 is 11.8 Å². The Morgan fingerprint density at radius 3 is 1.18 bits per heavy atom. The SMILES string of the molecule is CC(C)(C)c1ccc(-c2cc3c4c(c2)N(c2c(-c5ccccc5)cc(C(C)(C)C)cc2-c2ccccc2)c2cc(-c5ccccc5)c(-c5ccccc5)cc2B4c2cc(-n4c5ccc(C(C)(C)C)cc5c5cc(C(C)(C)C)ccc54)cc(-c4ccccc4)c2S3)cc1. The Morgan fingerprint density at radius 2 is 0.728 bits per heavy atom. The van der Waals surface area contributed by atoms with Crippen LogP contribution in [0.25, 0.3) is 94.3 Å². The summed E-state index contributed by atoms with van der Waals surface area (Å²) in [6, 6.07) is 100. The van der Waals surface area contributed by atoms with Crippen LogP contribution in [0.5, 0.6) is 0 Å². The van der Waals surface area contributed by atoms with Gasteiger partial charge in [-0.2, -0.15) is 0 Å². The van der Waals surface area contributed by atoms with Gasteiger partial charge in [0.05, 0.1) is 16.7 Å². The molecule has 0 unspecified atom stereocenters. The molecule has 2 nitrogen and oxygen atoms in total. The summed E-state index contributed by atoms with van der Waals surface area (Å²) >= 11 is 1.95. The lowest BCUT2D eigenvalue weighted by atomic mass is 9.34. The Morgan fingerprint density at radius 1 is 0.304 bits per heavy atom. The van der Waals surface area contributed by atoms with Gasteiger partial charge in [0.2, 0.25) is 6.71 Å². The highest BCUT2D eigenvalue weighted by Gasteiger charge is 2.45. The van der Waals surface area contributed by atoms with E-state index >= 15 is 0 Å². The van der Waals surface area contributed by atoms with Crippen LogP contribution in [0.3, 0.4) is 0 Å². The van der Waals surface area contributed by atoms with Crippen molar-refractivity contribution in [2.24, 2.45) is 0 Å². The molecule has 12 aromatic carbocycles. The van der Waals surface area contributed by atoms with Gasteiger partial charge in [-0.25, -0.2) is 0 Å². The first-order valence-electron chi connectivity index (χ1n) is 32.8. The Balaban J connectivity index is 1.12. The van der Waals surface area contributed by atoms with E-state index in [9.17, 15) is 0 Å². The molecule has 0 fully saturated rings. The van der Waals surface area contributed by atoms with Gasteiger partial charge in [0, 0.05) is 48.8 Å². The van der Waals surface area contributed by atoms with Crippen molar-refractivity contribution in [3.63, 3.8) is 0 Å². The molecule has 0 aliphatic carbocycles. The fourth-order valence-corrected chi connectivity index (χ4v) is 15.7. The van der Waals surface area contributed by atoms with Crippen LogP contribution in [0, 0.1) is 0 Å². The van der Waals surface area contributed by atoms with Gasteiger partial charge in [-0.3, -0.25) is 0 Å². The monoisotopic (exact) mass is 1210 g/mol. The molecule has 0 amide bonds. The van der Waals surface area contributed by atoms with Gasteiger partial charge in [-0.15, -0.1) is 0 Å². The third-order valence-electron chi connectivity index (χ3n) is 19.5. The number of benzene rings is 12. The summed E-state index contributed by atoms with van der Waals surface area (Å²) in [5, 5.41) is 2.56. The highest BCUT2D eigenvalue weighted by atomic mass is 32.2. The molecule has 15 rings (SSSR count). The van der Waals surface area contributed by atoms with Crippen molar-refractivity contribution >= 4 is 73.7 Å². The van der Waals surface area contributed by atoms with E-state index in [1.165, 1.54) is 143 Å². The standard InChI is InChI=1S/C88H79BN2S/c1-85(2,3)63-40-38-56(39-41-63)62-46-80-82-81(47-62)92-84-72(61-36-26-17-27-37-61)52-67(90-77-44-42-64(86(4,5)6)48-73(77)74-49-65(87(7,8)9)43-45-78(74)90)53-76(84)89(82)75-54-68(57-28-18-13-19-29-57)69(58-30-20-14-21-31-58)55-79(75)91(80)83-70(59-32-22-15-23-33-59)50-66(88(10,11)12)51-71(83)60-34-24-16-25-35-60/h13-55H,1-12H3. The Bertz CT molecular complexity index is 4870. The Labute approximate surface area is 549 Å². The van der Waals surface area contributed by atoms with Crippen LogP contribution in [0.1, 0.15) is 105 Å². The van der Waals surface area contributed by atoms with Gasteiger partial charge < -0.3 is 9.47 Å². The molecular formula is C88H79BN2S. The van der Waals surface area contributed by atoms with E-state index in [1.54, 1.807) is 0 Å². The molecule has 0 atom stereocenters. The molecule has 0 saturated carbocycles. The van der Waals surface area contributed by atoms with Crippen molar-refractivity contribution in [3.8, 4) is 72.4 Å². The van der Waals surface area contributed by atoms with E-state index in [4.69, 9.17) is 0 Å². The summed E-state index contributed by atoms with van der Waals surface area (Å²) in [6.07, 6.45) is 0. The van der Waals surface area contributed by atoms with Gasteiger partial charge in [0.1, 0.15) is 0 Å². The average molecular weight is 1210 g/mol. The van der Waals surface area contributed by atoms with Crippen molar-refractivity contribution in [3.05, 3.63) is 283 Å². The fraction of sp³-hybridized carbons (Fsp3) is 0.182. The van der Waals surface area contributed by atoms with Crippen LogP contribution in [0.4, 0.5) is 17.1 Å². The second-order valence-corrected chi connectivity index (χ2v) is 30.8. The second kappa shape index (κ2) is 22.2. The molecule has 2 aliphatic rings. The molecule has 0 N–H and O–H groups in total. The molecule has 0 bridgehead atoms. The van der Waals surface area contributed by atoms with Crippen LogP contribution in [-0.4, -0.2) is 11.3 Å². The lowest BCUT2D eigenvalue weighted by molar-refractivity contribution is 0.590. The maximum Gasteiger partial charge on any atom is 0.249 e. The third-order valence-corrected chi connectivity index (χ3v) is 20.7. The lowest BCUT2D eigenvalue weighted by Gasteiger charge is -2.43. The van der Waals surface area contributed by atoms with Gasteiger partial charge >= 0.3 is 0 Å². The second-order valence-electron chi connectivity index (χ2n) is 29.8. The summed E-state index contributed by atoms with van der Waals surface area (Å²) in [5.41, 5.74) is 30.3. The lowest BCUT2D eigenvalue weighted by Crippen LogP contribution is -2.60. The average Bonchev–Trinajstić information content (AvgIpc) is 0.723. The molecule has 0 saturated heterocycles. The number of rotatable bonds is 8. The molecule has 0 spiro atoms. The van der Waals surface area contributed by atoms with Gasteiger partial charge in [0.15, 0.2) is 0 Å². The van der Waals surface area contributed by atoms with Crippen molar-refractivity contribution in [2.75, 3.05) is 4.90 Å². The fourth-order valence-electron chi connectivity index (χ4n) is 14.3. The zero-order valence-corrected chi connectivity index (χ0v) is 56.0. The van der Waals surface area contributed by atoms with Gasteiger partial charge in [0.25, 0.3) is 0 Å². The first-order chi connectivity index (χ1) is 44.2. The van der Waals surface area contributed by atoms with Crippen LogP contribution in [-0.2, 0) is 21.7 Å². The number of aromatic nitrogens is 1. The number of nitrogens with zero attached hydrogens (tertiary/aromatic N) is 2. The van der Waals surface area contributed by atoms with Crippen LogP contribution in [0.2, 0.25) is 0 Å². The number of hydrogen-bond acceptors (Lipinski definition) is 2. The van der Waals surface area contributed by atoms with Crippen molar-refractivity contribution < 1.29 is 0 Å². The minimum atomic E-state index is -0.197. The first-order valence-corrected chi connectivity index (χ1v) is 33.7. The maximum atomic E-state index is 2.72. The van der Waals surface area contributed by atoms with Gasteiger partial charge in [-0.1, -0.05) is 294 Å². The molecule has 2 aliphatic heterocycles. The van der Waals surface area contributed by atoms with Crippen molar-refractivity contribution in [2.45, 2.75) is 115 Å². The zero-order valence-electron chi connectivity index (χ0n) is 55.2. The predicted octanol–water partition coefficient (Wildman–Crippen LogP) is 22.7. The highest BCUT2D eigenvalue weighted by Crippen LogP contribution is 2.54. The summed E-state index contributed by atoms with van der Waals surface area (Å²) in [5.74, 6) is 0. The summed E-state index contributed by atoms with van der Waals surface area (Å²) < 4.78 is 2.58. The molecule has 92 heavy (non-hydrogen) atoms. The molecule has 450 valence electrons. The molecule has 4 heteroatoms. The van der Waals surface area contributed by atoms with Crippen molar-refractivity contribution in [1.82, 2.24) is 4.57 Å². The largest absolute Gasteiger partial charge is 0.310 e. The predicted molar refractivity (Wildman–Crippen MR) is 398 cm³/mol. The van der Waals surface area contributed by atoms with E-state index in [0.717, 1.165) is 17.1 Å². The number of anilines is 3. The van der Waals surface area contributed by atoms with E-state index < -0.39 is 0 Å². The highest BCUT2D eigenvalue weighted by molar-refractivity contribution is 8.00. The smallest absolute Gasteiger partial charge is 0.249 e. The van der Waals surface area contributed by atoms with E-state index in [1.807, 2.05) is 11.8 Å². The first kappa shape index (κ1) is 59.0. The summed E-state index contributed by atoms with van der Waals surface area (Å²) in [4.78, 5) is 5.27. The third kappa shape index (κ3) is 10.3. The Kier molecular flexibility index (Phi) is 14.2. The van der Waals surface area contributed by atoms with Crippen LogP contribution < -0.4 is 21.3 Å². The number of fused-ring (bicyclic) bond motifs is 7. The topological polar surface area (TPSA) is 8.17 Å². The maximum absolute atomic E-state index is 2.72. The normalized spacial score (nSPS) is 13.1. The molecule has 0 radical (unpaired) electrons. The molecule has 13 aromatic rings. The van der Waals surface area contributed by atoms with E-state index in [2.05, 4.69) is 353 Å². The molecular weight excluding hydrogens is 1130 g/mol. The minimum absolute atomic E-state index is 0.000281. The molecule has 1 aromatic heterocycles. The Hall–Kier alpha value is -9.35. The van der Waals surface area contributed by atoms with Gasteiger partial charge in [-0.05, 0) is 177 Å².